The van der Waals surface area contributed by atoms with Crippen LogP contribution in [-0.4, -0.2) is 140 Å². The monoisotopic (exact) mass is 1090 g/mol. The summed E-state index contributed by atoms with van der Waals surface area (Å²) in [4.78, 5) is 118. The Kier molecular flexibility index (Phi) is 19.4. The van der Waals surface area contributed by atoms with E-state index >= 15 is 24.0 Å². The highest BCUT2D eigenvalue weighted by atomic mass is 19.1. The van der Waals surface area contributed by atoms with E-state index in [0.29, 0.717) is 35.0 Å². The molecule has 1 aliphatic carbocycles. The third-order valence-electron chi connectivity index (χ3n) is 15.9. The maximum Gasteiger partial charge on any atom is 0.319 e. The Morgan fingerprint density at radius 3 is 2.10 bits per heavy atom. The van der Waals surface area contributed by atoms with Gasteiger partial charge in [-0.1, -0.05) is 89.5 Å². The fourth-order valence-corrected chi connectivity index (χ4v) is 11.0. The molecular weight excluding hydrogens is 1010 g/mol. The highest BCUT2D eigenvalue weighted by Crippen LogP contribution is 2.33. The number of carbonyl (C=O) groups is 7. The molecule has 19 heteroatoms. The van der Waals surface area contributed by atoms with Crippen molar-refractivity contribution in [3.05, 3.63) is 90.3 Å². The first-order valence-corrected chi connectivity index (χ1v) is 27.9. The number of aryl methyl sites for hydroxylation is 1. The van der Waals surface area contributed by atoms with Crippen LogP contribution >= 0.6 is 0 Å². The van der Waals surface area contributed by atoms with Crippen LogP contribution in [0.2, 0.25) is 0 Å². The average molecular weight is 1090 g/mol. The van der Waals surface area contributed by atoms with Crippen LogP contribution in [0.3, 0.4) is 0 Å². The van der Waals surface area contributed by atoms with Gasteiger partial charge in [0.15, 0.2) is 0 Å². The summed E-state index contributed by atoms with van der Waals surface area (Å²) in [6.45, 7) is 18.1. The number of rotatable bonds is 14. The Labute approximate surface area is 463 Å². The Morgan fingerprint density at radius 1 is 0.772 bits per heavy atom. The first-order valence-electron chi connectivity index (χ1n) is 27.9. The number of allylic oxidation sites excluding steroid dienone is 1. The van der Waals surface area contributed by atoms with Crippen LogP contribution in [-0.2, 0) is 51.9 Å². The van der Waals surface area contributed by atoms with Gasteiger partial charge >= 0.3 is 6.01 Å². The number of para-hydroxylation sites is 1. The van der Waals surface area contributed by atoms with Crippen LogP contribution in [0.5, 0.6) is 6.01 Å². The number of benzene rings is 2. The van der Waals surface area contributed by atoms with E-state index in [0.717, 1.165) is 35.7 Å². The second kappa shape index (κ2) is 25.7. The van der Waals surface area contributed by atoms with Gasteiger partial charge in [0.25, 0.3) is 0 Å². The molecule has 2 aromatic heterocycles. The van der Waals surface area contributed by atoms with Crippen molar-refractivity contribution >= 4 is 63.2 Å². The normalized spacial score (nSPS) is 24.3. The van der Waals surface area contributed by atoms with Crippen molar-refractivity contribution in [1.29, 1.82) is 0 Å². The summed E-state index contributed by atoms with van der Waals surface area (Å²) in [5.41, 5.74) is 2.59. The quantitative estimate of drug-likeness (QED) is 0.103. The number of alkyl halides is 1. The number of likely N-dealkylation sites (N-methyl/N-ethyl adjacent to an activating group) is 2. The molecule has 2 bridgehead atoms. The number of halogens is 1. The number of carbonyl (C=O) groups excluding carboxylic acids is 7. The molecule has 18 nitrogen and oxygen atoms in total. The van der Waals surface area contributed by atoms with Crippen LogP contribution in [0.25, 0.3) is 21.8 Å². The molecule has 2 aliphatic heterocycles. The van der Waals surface area contributed by atoms with Crippen LogP contribution in [0.15, 0.2) is 73.5 Å². The third-order valence-corrected chi connectivity index (χ3v) is 15.9. The van der Waals surface area contributed by atoms with Gasteiger partial charge in [0.2, 0.25) is 48.2 Å². The largest absolute Gasteiger partial charge is 0.431 e. The molecule has 3 aliphatic rings. The maximum atomic E-state index is 15.6. The molecular formula is C60H81FN10O8. The first-order chi connectivity index (χ1) is 37.5. The summed E-state index contributed by atoms with van der Waals surface area (Å²) < 4.78 is 20.1. The average Bonchev–Trinajstić information content (AvgIpc) is 3.91. The van der Waals surface area contributed by atoms with Crippen molar-refractivity contribution in [2.45, 2.75) is 167 Å². The van der Waals surface area contributed by atoms with E-state index in [-0.39, 0.29) is 62.4 Å². The highest BCUT2D eigenvalue weighted by Gasteiger charge is 2.42. The topological polar surface area (TPSA) is 217 Å². The first kappa shape index (κ1) is 59.5. The predicted molar refractivity (Wildman–Crippen MR) is 301 cm³/mol. The van der Waals surface area contributed by atoms with Crippen LogP contribution < -0.4 is 26.0 Å². The Hall–Kier alpha value is -7.18. The van der Waals surface area contributed by atoms with E-state index in [1.165, 1.54) is 35.7 Å². The maximum absolute atomic E-state index is 15.6. The molecule has 7 atom stereocenters. The number of amides is 7. The van der Waals surface area contributed by atoms with Gasteiger partial charge < -0.3 is 45.3 Å². The van der Waals surface area contributed by atoms with Crippen molar-refractivity contribution in [1.82, 2.24) is 50.5 Å². The zero-order valence-electron chi connectivity index (χ0n) is 47.6. The molecule has 1 saturated carbocycles. The summed E-state index contributed by atoms with van der Waals surface area (Å²) in [5, 5.41) is 13.4. The van der Waals surface area contributed by atoms with Gasteiger partial charge in [-0.3, -0.25) is 33.6 Å². The molecule has 4 aromatic rings. The molecule has 79 heavy (non-hydrogen) atoms. The minimum Gasteiger partial charge on any atom is -0.431 e. The molecule has 4 heterocycles. The molecule has 4 N–H and O–H groups in total. The smallest absolute Gasteiger partial charge is 0.319 e. The molecule has 0 spiro atoms. The van der Waals surface area contributed by atoms with Crippen LogP contribution in [0.1, 0.15) is 117 Å². The number of ether oxygens (including phenoxy) is 1. The van der Waals surface area contributed by atoms with Gasteiger partial charge in [-0.2, -0.15) is 9.97 Å². The number of nitrogens with zero attached hydrogens (tertiary/aromatic N) is 6. The van der Waals surface area contributed by atoms with Gasteiger partial charge in [0.1, 0.15) is 42.3 Å². The Bertz CT molecular complexity index is 2950. The van der Waals surface area contributed by atoms with E-state index in [1.54, 1.807) is 25.1 Å². The van der Waals surface area contributed by atoms with E-state index in [2.05, 4.69) is 42.4 Å². The Morgan fingerprint density at radius 2 is 1.43 bits per heavy atom. The van der Waals surface area contributed by atoms with Crippen molar-refractivity contribution in [3.63, 3.8) is 0 Å². The molecule has 7 rings (SSSR count). The lowest BCUT2D eigenvalue weighted by Gasteiger charge is -2.39. The predicted octanol–water partition coefficient (Wildman–Crippen LogP) is 6.36. The standard InChI is InChI=1S/C60H81FN10O8/c1-12-60(8,9)71-33-41(42-21-15-16-22-48(42)71)32-47-57(77)69(11)50(27-35(2)3)54(74)64-46(31-40-24-25-44-43(29-40)37(6)63-59(67-44)79-34-61)52(72)62-38(7)56(76)68(10)49-23-14-13-17-26-70(58(49)78)51(28-36(4)5)55(75)65-45(53(73)66-47)30-39-19-18-20-39/h12-16,21-22,24-25,29,33,35-36,38-39,45-47,49-51H,1,17-20,23,26-28,30-32,34H2,2-11H3,(H,62,72)(H,64,74)(H,65,75)(H,66,73)/b14-13-/t38-,45-,46-,47-,49-,50-,51-/m0/s1. The van der Waals surface area contributed by atoms with E-state index in [1.807, 2.05) is 90.2 Å². The lowest BCUT2D eigenvalue weighted by Crippen LogP contribution is -2.61. The van der Waals surface area contributed by atoms with Gasteiger partial charge in [-0.25, -0.2) is 4.39 Å². The molecule has 7 amide bonds. The number of hydrogen-bond donors (Lipinski definition) is 4. The molecule has 2 aromatic carbocycles. The number of aromatic nitrogens is 3. The van der Waals surface area contributed by atoms with E-state index in [9.17, 15) is 14.0 Å². The van der Waals surface area contributed by atoms with Crippen molar-refractivity contribution in [3.8, 4) is 6.01 Å². The molecule has 426 valence electrons. The molecule has 1 saturated heterocycles. The second-order valence-corrected chi connectivity index (χ2v) is 23.2. The van der Waals surface area contributed by atoms with E-state index in [4.69, 9.17) is 4.74 Å². The zero-order valence-corrected chi connectivity index (χ0v) is 47.6. The second-order valence-electron chi connectivity index (χ2n) is 23.2. The highest BCUT2D eigenvalue weighted by molar-refractivity contribution is 5.99. The molecule has 0 radical (unpaired) electrons. The fraction of sp³-hybridized carbons (Fsp3) is 0.550. The fourth-order valence-electron chi connectivity index (χ4n) is 11.0. The SMILES string of the molecule is C=CC(C)(C)n1cc(C[C@@H]2NC(=O)[C@H](CC3CCC3)NC(=O)[C@H](CC(C)C)N3CC/C=C\C[C@@H](C3=O)N(C)C(=O)[C@H](C)NC(=O)[C@H](Cc3ccc4nc(OCF)nc(C)c4c3)NC(=O)[C@H](CC(C)C)N(C)C2=O)c2ccccc21. The van der Waals surface area contributed by atoms with Gasteiger partial charge in [-0.05, 0) is 107 Å². The summed E-state index contributed by atoms with van der Waals surface area (Å²) in [6, 6.07) is 4.61. The summed E-state index contributed by atoms with van der Waals surface area (Å²) >= 11 is 0. The van der Waals surface area contributed by atoms with Gasteiger partial charge in [-0.15, -0.1) is 6.58 Å². The molecule has 0 unspecified atom stereocenters. The van der Waals surface area contributed by atoms with Crippen molar-refractivity contribution in [2.75, 3.05) is 27.5 Å². The number of nitrogens with one attached hydrogen (secondary N) is 4. The number of fused-ring (bicyclic) bond motifs is 4. The lowest BCUT2D eigenvalue weighted by atomic mass is 9.80. The van der Waals surface area contributed by atoms with Gasteiger partial charge in [0, 0.05) is 56.0 Å². The number of hydrogen-bond acceptors (Lipinski definition) is 10. The van der Waals surface area contributed by atoms with Crippen molar-refractivity contribution < 1.29 is 42.7 Å². The summed E-state index contributed by atoms with van der Waals surface area (Å²) in [5.74, 6) is -4.21. The zero-order chi connectivity index (χ0) is 57.5. The van der Waals surface area contributed by atoms with Gasteiger partial charge in [0.05, 0.1) is 16.7 Å². The van der Waals surface area contributed by atoms with E-state index < -0.39 is 96.0 Å². The minimum absolute atomic E-state index is 0.000120. The molecule has 2 fully saturated rings. The van der Waals surface area contributed by atoms with Crippen molar-refractivity contribution in [2.24, 2.45) is 17.8 Å². The minimum atomic E-state index is -1.33. The van der Waals surface area contributed by atoms with Crippen LogP contribution in [0, 0.1) is 24.7 Å². The lowest BCUT2D eigenvalue weighted by molar-refractivity contribution is -0.150. The summed E-state index contributed by atoms with van der Waals surface area (Å²) in [7, 11) is 3.01. The van der Waals surface area contributed by atoms with Crippen LogP contribution in [0.4, 0.5) is 4.39 Å². The summed E-state index contributed by atoms with van der Waals surface area (Å²) in [6.07, 6.45) is 11.4. The Balaban J connectivity index is 1.36. The third kappa shape index (κ3) is 14.0.